The van der Waals surface area contributed by atoms with Crippen LogP contribution >= 0.6 is 27.3 Å². The van der Waals surface area contributed by atoms with Crippen molar-refractivity contribution in [2.45, 2.75) is 12.5 Å². The van der Waals surface area contributed by atoms with Crippen LogP contribution < -0.4 is 4.74 Å². The molecule has 0 amide bonds. The lowest BCUT2D eigenvalue weighted by molar-refractivity contribution is 0.180. The van der Waals surface area contributed by atoms with E-state index in [9.17, 15) is 5.11 Å². The van der Waals surface area contributed by atoms with Gasteiger partial charge in [-0.2, -0.15) is 0 Å². The molecule has 4 heteroatoms. The fourth-order valence-corrected chi connectivity index (χ4v) is 4.02. The minimum atomic E-state index is -0.499. The second-order valence-corrected chi connectivity index (χ2v) is 6.64. The summed E-state index contributed by atoms with van der Waals surface area (Å²) in [5, 5.41) is 13.7. The Morgan fingerprint density at radius 2 is 2.05 bits per heavy atom. The standard InChI is InChI=1S/C17H15BrO2S/c1-20-16-7-6-11(8-14(16)18)9-15(19)13-10-21-17-5-3-2-4-12(13)17/h2-8,10,15,19H,9H2,1H3. The fourth-order valence-electron chi connectivity index (χ4n) is 2.43. The molecule has 21 heavy (non-hydrogen) atoms. The van der Waals surface area contributed by atoms with Crippen LogP contribution in [0, 0.1) is 0 Å². The summed E-state index contributed by atoms with van der Waals surface area (Å²) in [5.41, 5.74) is 2.08. The predicted molar refractivity (Wildman–Crippen MR) is 91.2 cm³/mol. The maximum Gasteiger partial charge on any atom is 0.133 e. The lowest BCUT2D eigenvalue weighted by Crippen LogP contribution is -2.01. The molecule has 0 saturated carbocycles. The molecule has 3 aromatic rings. The maximum atomic E-state index is 10.5. The van der Waals surface area contributed by atoms with E-state index < -0.39 is 6.10 Å². The maximum absolute atomic E-state index is 10.5. The van der Waals surface area contributed by atoms with E-state index in [1.54, 1.807) is 18.4 Å². The number of aliphatic hydroxyl groups is 1. The zero-order valence-corrected chi connectivity index (χ0v) is 13.9. The molecule has 0 spiro atoms. The Hall–Kier alpha value is -1.36. The number of methoxy groups -OCH3 is 1. The Morgan fingerprint density at radius 3 is 2.81 bits per heavy atom. The molecule has 0 fully saturated rings. The number of rotatable bonds is 4. The average molecular weight is 363 g/mol. The van der Waals surface area contributed by atoms with Crippen molar-refractivity contribution in [3.05, 3.63) is 63.4 Å². The van der Waals surface area contributed by atoms with Gasteiger partial charge in [0.05, 0.1) is 17.7 Å². The van der Waals surface area contributed by atoms with Crippen molar-refractivity contribution in [3.63, 3.8) is 0 Å². The molecule has 2 aromatic carbocycles. The van der Waals surface area contributed by atoms with E-state index in [1.165, 1.54) is 4.70 Å². The Labute approximate surface area is 136 Å². The van der Waals surface area contributed by atoms with Crippen molar-refractivity contribution in [2.75, 3.05) is 7.11 Å². The molecule has 1 unspecified atom stereocenters. The summed E-state index contributed by atoms with van der Waals surface area (Å²) < 4.78 is 7.35. The summed E-state index contributed by atoms with van der Waals surface area (Å²) in [6.45, 7) is 0. The van der Waals surface area contributed by atoms with Crippen LogP contribution in [0.15, 0.2) is 52.3 Å². The van der Waals surface area contributed by atoms with Crippen molar-refractivity contribution in [1.29, 1.82) is 0 Å². The van der Waals surface area contributed by atoms with Gasteiger partial charge in [0, 0.05) is 11.1 Å². The second-order valence-electron chi connectivity index (χ2n) is 4.88. The minimum Gasteiger partial charge on any atom is -0.496 e. The van der Waals surface area contributed by atoms with Crippen LogP contribution in [-0.2, 0) is 6.42 Å². The minimum absolute atomic E-state index is 0.499. The van der Waals surface area contributed by atoms with Gasteiger partial charge in [-0.3, -0.25) is 0 Å². The van der Waals surface area contributed by atoms with Crippen LogP contribution in [0.25, 0.3) is 10.1 Å². The smallest absolute Gasteiger partial charge is 0.133 e. The third-order valence-electron chi connectivity index (χ3n) is 3.52. The molecule has 0 aliphatic carbocycles. The Kier molecular flexibility index (Phi) is 4.29. The molecule has 2 nitrogen and oxygen atoms in total. The summed E-state index contributed by atoms with van der Waals surface area (Å²) in [6, 6.07) is 14.1. The number of hydrogen-bond acceptors (Lipinski definition) is 3. The van der Waals surface area contributed by atoms with Crippen LogP contribution in [0.1, 0.15) is 17.2 Å². The molecule has 0 bridgehead atoms. The van der Waals surface area contributed by atoms with E-state index in [4.69, 9.17) is 4.74 Å². The quantitative estimate of drug-likeness (QED) is 0.711. The first-order valence-corrected chi connectivity index (χ1v) is 8.33. The lowest BCUT2D eigenvalue weighted by atomic mass is 10.0. The Morgan fingerprint density at radius 1 is 1.24 bits per heavy atom. The van der Waals surface area contributed by atoms with Gasteiger partial charge >= 0.3 is 0 Å². The zero-order valence-electron chi connectivity index (χ0n) is 11.5. The SMILES string of the molecule is COc1ccc(CC(O)c2csc3ccccc23)cc1Br. The molecule has 1 atom stereocenters. The number of hydrogen-bond donors (Lipinski definition) is 1. The highest BCUT2D eigenvalue weighted by Crippen LogP contribution is 2.33. The monoisotopic (exact) mass is 362 g/mol. The summed E-state index contributed by atoms with van der Waals surface area (Å²) in [4.78, 5) is 0. The largest absolute Gasteiger partial charge is 0.496 e. The molecular weight excluding hydrogens is 348 g/mol. The molecular formula is C17H15BrO2S. The first-order chi connectivity index (χ1) is 10.2. The highest BCUT2D eigenvalue weighted by Gasteiger charge is 2.14. The molecule has 0 radical (unpaired) electrons. The van der Waals surface area contributed by atoms with Gasteiger partial charge in [-0.1, -0.05) is 24.3 Å². The van der Waals surface area contributed by atoms with Crippen LogP contribution in [-0.4, -0.2) is 12.2 Å². The summed E-state index contributed by atoms with van der Waals surface area (Å²) in [5.74, 6) is 0.800. The first kappa shape index (κ1) is 14.6. The lowest BCUT2D eigenvalue weighted by Gasteiger charge is -2.11. The highest BCUT2D eigenvalue weighted by atomic mass is 79.9. The summed E-state index contributed by atoms with van der Waals surface area (Å²) >= 11 is 5.15. The second kappa shape index (κ2) is 6.18. The molecule has 0 aliphatic rings. The van der Waals surface area contributed by atoms with Crippen molar-refractivity contribution >= 4 is 37.4 Å². The van der Waals surface area contributed by atoms with Gasteiger partial charge in [0.2, 0.25) is 0 Å². The van der Waals surface area contributed by atoms with E-state index in [1.807, 2.05) is 35.7 Å². The molecule has 3 rings (SSSR count). The number of halogens is 1. The number of thiophene rings is 1. The van der Waals surface area contributed by atoms with E-state index in [0.717, 1.165) is 26.7 Å². The number of benzene rings is 2. The summed E-state index contributed by atoms with van der Waals surface area (Å²) in [7, 11) is 1.64. The normalized spacial score (nSPS) is 12.5. The molecule has 1 aromatic heterocycles. The molecule has 1 N–H and O–H groups in total. The van der Waals surface area contributed by atoms with Crippen molar-refractivity contribution in [3.8, 4) is 5.75 Å². The van der Waals surface area contributed by atoms with Gasteiger partial charge in [0.25, 0.3) is 0 Å². The molecule has 108 valence electrons. The fraction of sp³-hybridized carbons (Fsp3) is 0.176. The average Bonchev–Trinajstić information content (AvgIpc) is 2.91. The highest BCUT2D eigenvalue weighted by molar-refractivity contribution is 9.10. The Balaban J connectivity index is 1.86. The third-order valence-corrected chi connectivity index (χ3v) is 5.12. The third kappa shape index (κ3) is 2.98. The predicted octanol–water partition coefficient (Wildman–Crippen LogP) is 4.95. The van der Waals surface area contributed by atoms with Crippen LogP contribution in [0.3, 0.4) is 0 Å². The topological polar surface area (TPSA) is 29.5 Å². The van der Waals surface area contributed by atoms with E-state index >= 15 is 0 Å². The van der Waals surface area contributed by atoms with E-state index in [-0.39, 0.29) is 0 Å². The number of ether oxygens (including phenoxy) is 1. The van der Waals surface area contributed by atoms with Crippen molar-refractivity contribution in [2.24, 2.45) is 0 Å². The van der Waals surface area contributed by atoms with Crippen LogP contribution in [0.5, 0.6) is 5.75 Å². The summed E-state index contributed by atoms with van der Waals surface area (Å²) in [6.07, 6.45) is 0.0880. The van der Waals surface area contributed by atoms with Crippen molar-refractivity contribution in [1.82, 2.24) is 0 Å². The van der Waals surface area contributed by atoms with Crippen molar-refractivity contribution < 1.29 is 9.84 Å². The van der Waals surface area contributed by atoms with Crippen LogP contribution in [0.2, 0.25) is 0 Å². The van der Waals surface area contributed by atoms with Gasteiger partial charge in [-0.15, -0.1) is 11.3 Å². The number of aliphatic hydroxyl groups excluding tert-OH is 1. The molecule has 0 aliphatic heterocycles. The molecule has 0 saturated heterocycles. The zero-order chi connectivity index (χ0) is 14.8. The van der Waals surface area contributed by atoms with E-state index in [0.29, 0.717) is 6.42 Å². The van der Waals surface area contributed by atoms with Crippen LogP contribution in [0.4, 0.5) is 0 Å². The van der Waals surface area contributed by atoms with Gasteiger partial charge in [0.15, 0.2) is 0 Å². The molecule has 1 heterocycles. The number of fused-ring (bicyclic) bond motifs is 1. The van der Waals surface area contributed by atoms with Gasteiger partial charge in [0.1, 0.15) is 5.75 Å². The van der Waals surface area contributed by atoms with Gasteiger partial charge in [-0.05, 0) is 56.0 Å². The van der Waals surface area contributed by atoms with Gasteiger partial charge < -0.3 is 9.84 Å². The Bertz CT molecular complexity index is 766. The van der Waals surface area contributed by atoms with E-state index in [2.05, 4.69) is 28.1 Å². The first-order valence-electron chi connectivity index (χ1n) is 6.65. The van der Waals surface area contributed by atoms with Gasteiger partial charge in [-0.25, -0.2) is 0 Å².